The monoisotopic (exact) mass is 420 g/mol. The predicted octanol–water partition coefficient (Wildman–Crippen LogP) is 1.91. The van der Waals surface area contributed by atoms with Gasteiger partial charge in [-0.25, -0.2) is 9.18 Å². The Balaban J connectivity index is 1.45. The topological polar surface area (TPSA) is 88.5 Å². The normalized spacial score (nSPS) is 26.0. The minimum atomic E-state index is -0.765. The van der Waals surface area contributed by atoms with Crippen molar-refractivity contribution < 1.29 is 33.3 Å². The van der Waals surface area contributed by atoms with Gasteiger partial charge in [0.1, 0.15) is 12.4 Å². The van der Waals surface area contributed by atoms with E-state index in [2.05, 4.69) is 0 Å². The summed E-state index contributed by atoms with van der Waals surface area (Å²) in [6, 6.07) is 4.00. The van der Waals surface area contributed by atoms with Gasteiger partial charge in [0.15, 0.2) is 11.9 Å². The van der Waals surface area contributed by atoms with Gasteiger partial charge in [-0.3, -0.25) is 9.69 Å². The summed E-state index contributed by atoms with van der Waals surface area (Å²) >= 11 is 0. The fourth-order valence-corrected chi connectivity index (χ4v) is 3.95. The van der Waals surface area contributed by atoms with Crippen molar-refractivity contribution in [2.75, 3.05) is 37.8 Å². The number of hydrogen-bond acceptors (Lipinski definition) is 6. The van der Waals surface area contributed by atoms with Crippen molar-refractivity contribution in [1.29, 1.82) is 0 Å². The van der Waals surface area contributed by atoms with E-state index in [1.807, 2.05) is 6.08 Å². The van der Waals surface area contributed by atoms with Gasteiger partial charge in [0.05, 0.1) is 24.9 Å². The first-order valence-electron chi connectivity index (χ1n) is 9.95. The summed E-state index contributed by atoms with van der Waals surface area (Å²) in [6.45, 7) is 4.38. The van der Waals surface area contributed by atoms with E-state index in [0.29, 0.717) is 30.8 Å². The molecule has 2 atom stereocenters. The van der Waals surface area contributed by atoms with Crippen LogP contribution >= 0.6 is 0 Å². The van der Waals surface area contributed by atoms with Crippen LogP contribution in [-0.4, -0.2) is 72.8 Å². The summed E-state index contributed by atoms with van der Waals surface area (Å²) in [7, 11) is 0. The molecule has 2 fully saturated rings. The Labute approximate surface area is 173 Å². The summed E-state index contributed by atoms with van der Waals surface area (Å²) in [4.78, 5) is 27.5. The molecule has 0 bridgehead atoms. The Morgan fingerprint density at radius 2 is 2.13 bits per heavy atom. The molecule has 0 aromatic heterocycles. The maximum atomic E-state index is 14.8. The minimum Gasteiger partial charge on any atom is -0.447 e. The van der Waals surface area contributed by atoms with Crippen LogP contribution in [0.2, 0.25) is 0 Å². The van der Waals surface area contributed by atoms with Crippen molar-refractivity contribution >= 4 is 23.3 Å². The third-order valence-electron chi connectivity index (χ3n) is 5.55. The average Bonchev–Trinajstić information content (AvgIpc) is 3.29. The lowest BCUT2D eigenvalue weighted by molar-refractivity contribution is -0.159. The van der Waals surface area contributed by atoms with Crippen LogP contribution < -0.4 is 4.90 Å². The Morgan fingerprint density at radius 3 is 2.73 bits per heavy atom. The molecule has 0 unspecified atom stereocenters. The highest BCUT2D eigenvalue weighted by atomic mass is 19.1. The zero-order valence-electron chi connectivity index (χ0n) is 17.0. The SMILES string of the molecule is CC1(C)OC[C@@H](C(=O)N2CC=C(c3ccc(N4C(=O)OC[C@H]4CO)cc3F)CC2)O1. The number of aliphatic hydroxyl groups is 1. The number of cyclic esters (lactones) is 1. The Hall–Kier alpha value is -2.49. The van der Waals surface area contributed by atoms with Crippen LogP contribution in [0.1, 0.15) is 25.8 Å². The number of aliphatic hydroxyl groups excluding tert-OH is 1. The van der Waals surface area contributed by atoms with Gasteiger partial charge in [-0.1, -0.05) is 6.08 Å². The molecule has 3 aliphatic rings. The molecule has 0 aliphatic carbocycles. The summed E-state index contributed by atoms with van der Waals surface area (Å²) in [5, 5.41) is 9.39. The van der Waals surface area contributed by atoms with E-state index < -0.39 is 29.8 Å². The molecule has 162 valence electrons. The lowest BCUT2D eigenvalue weighted by Gasteiger charge is -2.29. The Morgan fingerprint density at radius 1 is 1.33 bits per heavy atom. The molecule has 8 nitrogen and oxygen atoms in total. The molecular weight excluding hydrogens is 395 g/mol. The van der Waals surface area contributed by atoms with Gasteiger partial charge in [-0.05, 0) is 44.0 Å². The lowest BCUT2D eigenvalue weighted by atomic mass is 9.98. The molecule has 3 heterocycles. The predicted molar refractivity (Wildman–Crippen MR) is 105 cm³/mol. The second-order valence-corrected chi connectivity index (χ2v) is 8.03. The standard InChI is InChI=1S/C21H25FN2O6/c1-21(2)29-12-18(30-21)19(26)23-7-5-13(6-8-23)16-4-3-14(9-17(16)22)24-15(10-25)11-28-20(24)27/h3-5,9,15,18,25H,6-8,10-12H2,1-2H3/t15-,18+/m1/s1. The molecule has 0 spiro atoms. The highest BCUT2D eigenvalue weighted by Gasteiger charge is 2.39. The molecular formula is C21H25FN2O6. The van der Waals surface area contributed by atoms with E-state index in [0.717, 1.165) is 5.57 Å². The van der Waals surface area contributed by atoms with E-state index >= 15 is 0 Å². The van der Waals surface area contributed by atoms with Crippen molar-refractivity contribution in [3.05, 3.63) is 35.7 Å². The number of amides is 2. The number of nitrogens with zero attached hydrogens (tertiary/aromatic N) is 2. The third kappa shape index (κ3) is 3.92. The molecule has 9 heteroatoms. The van der Waals surface area contributed by atoms with Crippen LogP contribution in [0.5, 0.6) is 0 Å². The largest absolute Gasteiger partial charge is 0.447 e. The van der Waals surface area contributed by atoms with Crippen LogP contribution in [0, 0.1) is 5.82 Å². The first-order valence-corrected chi connectivity index (χ1v) is 9.95. The first-order chi connectivity index (χ1) is 14.3. The Bertz CT molecular complexity index is 886. The first kappa shape index (κ1) is 20.8. The van der Waals surface area contributed by atoms with Crippen LogP contribution in [0.15, 0.2) is 24.3 Å². The molecule has 1 aromatic rings. The van der Waals surface area contributed by atoms with Crippen molar-refractivity contribution in [1.82, 2.24) is 4.90 Å². The second-order valence-electron chi connectivity index (χ2n) is 8.03. The minimum absolute atomic E-state index is 0.0701. The highest BCUT2D eigenvalue weighted by molar-refractivity contribution is 5.90. The van der Waals surface area contributed by atoms with Crippen LogP contribution in [0.4, 0.5) is 14.9 Å². The van der Waals surface area contributed by atoms with Gasteiger partial charge in [-0.15, -0.1) is 0 Å². The van der Waals surface area contributed by atoms with E-state index in [4.69, 9.17) is 14.2 Å². The summed E-state index contributed by atoms with van der Waals surface area (Å²) < 4.78 is 30.9. The number of halogens is 1. The molecule has 1 aromatic carbocycles. The molecule has 30 heavy (non-hydrogen) atoms. The van der Waals surface area contributed by atoms with E-state index in [-0.39, 0.29) is 25.7 Å². The molecule has 0 saturated carbocycles. The number of carbonyl (C=O) groups is 2. The number of benzene rings is 1. The quantitative estimate of drug-likeness (QED) is 0.801. The summed E-state index contributed by atoms with van der Waals surface area (Å²) in [6.07, 6.45) is 1.12. The van der Waals surface area contributed by atoms with Gasteiger partial charge >= 0.3 is 6.09 Å². The molecule has 4 rings (SSSR count). The molecule has 0 radical (unpaired) electrons. The zero-order valence-corrected chi connectivity index (χ0v) is 17.0. The van der Waals surface area contributed by atoms with Crippen molar-refractivity contribution in [3.8, 4) is 0 Å². The summed E-state index contributed by atoms with van der Waals surface area (Å²) in [5.74, 6) is -1.36. The maximum Gasteiger partial charge on any atom is 0.414 e. The van der Waals surface area contributed by atoms with E-state index in [9.17, 15) is 19.1 Å². The van der Waals surface area contributed by atoms with Gasteiger partial charge < -0.3 is 24.2 Å². The molecule has 1 N–H and O–H groups in total. The van der Waals surface area contributed by atoms with Gasteiger partial charge in [0.25, 0.3) is 5.91 Å². The van der Waals surface area contributed by atoms with Crippen LogP contribution in [0.3, 0.4) is 0 Å². The highest BCUT2D eigenvalue weighted by Crippen LogP contribution is 2.31. The number of carbonyl (C=O) groups excluding carboxylic acids is 2. The van der Waals surface area contributed by atoms with Crippen molar-refractivity contribution in [2.24, 2.45) is 0 Å². The van der Waals surface area contributed by atoms with E-state index in [1.165, 1.54) is 11.0 Å². The van der Waals surface area contributed by atoms with Crippen molar-refractivity contribution in [3.63, 3.8) is 0 Å². The summed E-state index contributed by atoms with van der Waals surface area (Å²) in [5.41, 5.74) is 1.57. The number of hydrogen-bond donors (Lipinski definition) is 1. The van der Waals surface area contributed by atoms with Crippen LogP contribution in [0.25, 0.3) is 5.57 Å². The zero-order chi connectivity index (χ0) is 21.5. The molecule has 2 amide bonds. The number of anilines is 1. The van der Waals surface area contributed by atoms with Gasteiger partial charge in [0.2, 0.25) is 0 Å². The number of rotatable bonds is 4. The molecule has 2 saturated heterocycles. The van der Waals surface area contributed by atoms with Gasteiger partial charge in [-0.2, -0.15) is 0 Å². The average molecular weight is 420 g/mol. The molecule has 3 aliphatic heterocycles. The number of ether oxygens (including phenoxy) is 3. The second kappa shape index (κ2) is 7.98. The van der Waals surface area contributed by atoms with Crippen molar-refractivity contribution in [2.45, 2.75) is 38.2 Å². The third-order valence-corrected chi connectivity index (χ3v) is 5.55. The fourth-order valence-electron chi connectivity index (χ4n) is 3.95. The fraction of sp³-hybridized carbons (Fsp3) is 0.524. The van der Waals surface area contributed by atoms with Gasteiger partial charge in [0, 0.05) is 18.7 Å². The Kier molecular flexibility index (Phi) is 5.52. The maximum absolute atomic E-state index is 14.8. The smallest absolute Gasteiger partial charge is 0.414 e. The van der Waals surface area contributed by atoms with Crippen LogP contribution in [-0.2, 0) is 19.0 Å². The van der Waals surface area contributed by atoms with E-state index in [1.54, 1.807) is 30.9 Å². The lowest BCUT2D eigenvalue weighted by Crippen LogP contribution is -2.43.